The molecule has 0 amide bonds. The summed E-state index contributed by atoms with van der Waals surface area (Å²) in [6, 6.07) is 3.35. The summed E-state index contributed by atoms with van der Waals surface area (Å²) in [5.74, 6) is 0.589. The van der Waals surface area contributed by atoms with E-state index in [4.69, 9.17) is 9.15 Å². The highest BCUT2D eigenvalue weighted by molar-refractivity contribution is 7.89. The summed E-state index contributed by atoms with van der Waals surface area (Å²) in [7, 11) is -0.491. The van der Waals surface area contributed by atoms with Gasteiger partial charge >= 0.3 is 0 Å². The van der Waals surface area contributed by atoms with Crippen LogP contribution in [0.2, 0.25) is 0 Å². The van der Waals surface area contributed by atoms with E-state index in [0.29, 0.717) is 18.9 Å². The van der Waals surface area contributed by atoms with Crippen LogP contribution < -0.4 is 10.0 Å². The van der Waals surface area contributed by atoms with Crippen molar-refractivity contribution in [1.29, 1.82) is 0 Å². The van der Waals surface area contributed by atoms with Crippen LogP contribution in [-0.4, -0.2) is 35.2 Å². The highest BCUT2D eigenvalue weighted by atomic mass is 32.2. The first-order valence-corrected chi connectivity index (χ1v) is 7.76. The predicted octanol–water partition coefficient (Wildman–Crippen LogP) is 1.09. The molecule has 0 saturated carbocycles. The SMILES string of the molecule is CCCC(COC)NCc1ccc(S(=O)(=O)NC)o1. The molecule has 0 fully saturated rings. The van der Waals surface area contributed by atoms with Crippen molar-refractivity contribution < 1.29 is 17.6 Å². The zero-order valence-corrected chi connectivity index (χ0v) is 12.4. The molecule has 0 aliphatic heterocycles. The summed E-state index contributed by atoms with van der Waals surface area (Å²) in [6.07, 6.45) is 2.05. The smallest absolute Gasteiger partial charge is 0.273 e. The van der Waals surface area contributed by atoms with Gasteiger partial charge in [-0.3, -0.25) is 0 Å². The van der Waals surface area contributed by atoms with Crippen molar-refractivity contribution in [1.82, 2.24) is 10.0 Å². The quantitative estimate of drug-likeness (QED) is 0.711. The van der Waals surface area contributed by atoms with E-state index in [1.54, 1.807) is 13.2 Å². The first-order valence-electron chi connectivity index (χ1n) is 6.28. The normalized spacial score (nSPS) is 13.6. The Balaban J connectivity index is 2.58. The van der Waals surface area contributed by atoms with Crippen LogP contribution in [0.1, 0.15) is 25.5 Å². The highest BCUT2D eigenvalue weighted by Crippen LogP contribution is 2.13. The second-order valence-corrected chi connectivity index (χ2v) is 6.07. The minimum atomic E-state index is -3.51. The lowest BCUT2D eigenvalue weighted by Crippen LogP contribution is -2.32. The van der Waals surface area contributed by atoms with Gasteiger partial charge in [-0.25, -0.2) is 13.1 Å². The van der Waals surface area contributed by atoms with Gasteiger partial charge < -0.3 is 14.5 Å². The van der Waals surface area contributed by atoms with Crippen LogP contribution in [0, 0.1) is 0 Å². The van der Waals surface area contributed by atoms with Crippen molar-refractivity contribution in [2.45, 2.75) is 37.4 Å². The molecule has 1 atom stereocenters. The summed E-state index contributed by atoms with van der Waals surface area (Å²) in [6.45, 7) is 3.21. The lowest BCUT2D eigenvalue weighted by molar-refractivity contribution is 0.160. The summed E-state index contributed by atoms with van der Waals surface area (Å²) in [5.41, 5.74) is 0. The maximum absolute atomic E-state index is 11.5. The molecule has 0 bridgehead atoms. The molecular formula is C12H22N2O4S. The Hall–Kier alpha value is -0.890. The maximum Gasteiger partial charge on any atom is 0.273 e. The number of hydrogen-bond acceptors (Lipinski definition) is 5. The standard InChI is InChI=1S/C12H22N2O4S/c1-4-5-10(9-17-3)14-8-11-6-7-12(18-11)19(15,16)13-2/h6-7,10,13-14H,4-5,8-9H2,1-3H3. The van der Waals surface area contributed by atoms with Gasteiger partial charge in [0, 0.05) is 13.2 Å². The largest absolute Gasteiger partial charge is 0.447 e. The second kappa shape index (κ2) is 7.64. The lowest BCUT2D eigenvalue weighted by atomic mass is 10.2. The van der Waals surface area contributed by atoms with Crippen molar-refractivity contribution in [2.75, 3.05) is 20.8 Å². The van der Waals surface area contributed by atoms with E-state index >= 15 is 0 Å². The van der Waals surface area contributed by atoms with Gasteiger partial charge in [0.2, 0.25) is 5.09 Å². The molecule has 1 unspecified atom stereocenters. The predicted molar refractivity (Wildman–Crippen MR) is 72.4 cm³/mol. The van der Waals surface area contributed by atoms with Crippen LogP contribution in [0.4, 0.5) is 0 Å². The van der Waals surface area contributed by atoms with Gasteiger partial charge in [-0.05, 0) is 25.6 Å². The fourth-order valence-corrected chi connectivity index (χ4v) is 2.40. The minimum Gasteiger partial charge on any atom is -0.447 e. The number of furan rings is 1. The zero-order valence-electron chi connectivity index (χ0n) is 11.6. The molecule has 1 aromatic rings. The van der Waals surface area contributed by atoms with Gasteiger partial charge in [-0.2, -0.15) is 0 Å². The van der Waals surface area contributed by atoms with Crippen molar-refractivity contribution in [3.8, 4) is 0 Å². The summed E-state index contributed by atoms with van der Waals surface area (Å²) >= 11 is 0. The first kappa shape index (κ1) is 16.2. The van der Waals surface area contributed by atoms with Crippen LogP contribution in [-0.2, 0) is 21.3 Å². The number of nitrogens with one attached hydrogen (secondary N) is 2. The Kier molecular flexibility index (Phi) is 6.50. The molecule has 0 aliphatic carbocycles. The molecule has 2 N–H and O–H groups in total. The number of ether oxygens (including phenoxy) is 1. The molecule has 0 saturated heterocycles. The Morgan fingerprint density at radius 1 is 1.42 bits per heavy atom. The summed E-state index contributed by atoms with van der Waals surface area (Å²) in [5, 5.41) is 3.22. The second-order valence-electron chi connectivity index (χ2n) is 4.25. The van der Waals surface area contributed by atoms with Gasteiger partial charge in [0.05, 0.1) is 13.2 Å². The average Bonchev–Trinajstić information content (AvgIpc) is 2.86. The molecule has 0 spiro atoms. The van der Waals surface area contributed by atoms with E-state index < -0.39 is 10.0 Å². The molecule has 0 aromatic carbocycles. The van der Waals surface area contributed by atoms with Crippen molar-refractivity contribution in [3.63, 3.8) is 0 Å². The van der Waals surface area contributed by atoms with E-state index in [0.717, 1.165) is 12.8 Å². The molecule has 1 rings (SSSR count). The average molecular weight is 290 g/mol. The third-order valence-corrected chi connectivity index (χ3v) is 4.03. The molecule has 0 aliphatic rings. The van der Waals surface area contributed by atoms with Gasteiger partial charge in [-0.1, -0.05) is 13.3 Å². The lowest BCUT2D eigenvalue weighted by Gasteiger charge is -2.16. The van der Waals surface area contributed by atoms with E-state index in [1.807, 2.05) is 0 Å². The van der Waals surface area contributed by atoms with E-state index in [2.05, 4.69) is 17.0 Å². The molecule has 110 valence electrons. The van der Waals surface area contributed by atoms with Gasteiger partial charge in [-0.15, -0.1) is 0 Å². The molecule has 1 heterocycles. The Bertz CT molecular complexity index is 464. The maximum atomic E-state index is 11.5. The molecule has 19 heavy (non-hydrogen) atoms. The monoisotopic (exact) mass is 290 g/mol. The van der Waals surface area contributed by atoms with Crippen molar-refractivity contribution in [3.05, 3.63) is 17.9 Å². The van der Waals surface area contributed by atoms with Gasteiger partial charge in [0.1, 0.15) is 5.76 Å². The fraction of sp³-hybridized carbons (Fsp3) is 0.667. The topological polar surface area (TPSA) is 80.6 Å². The first-order chi connectivity index (χ1) is 9.03. The van der Waals surface area contributed by atoms with Crippen molar-refractivity contribution >= 4 is 10.0 Å². The van der Waals surface area contributed by atoms with Gasteiger partial charge in [0.15, 0.2) is 0 Å². The molecule has 0 radical (unpaired) electrons. The zero-order chi connectivity index (χ0) is 14.3. The molecular weight excluding hydrogens is 268 g/mol. The number of sulfonamides is 1. The third kappa shape index (κ3) is 4.94. The van der Waals surface area contributed by atoms with E-state index in [-0.39, 0.29) is 11.1 Å². The Morgan fingerprint density at radius 3 is 2.74 bits per heavy atom. The van der Waals surface area contributed by atoms with Crippen LogP contribution in [0.15, 0.2) is 21.6 Å². The van der Waals surface area contributed by atoms with Crippen LogP contribution >= 0.6 is 0 Å². The van der Waals surface area contributed by atoms with E-state index in [9.17, 15) is 8.42 Å². The van der Waals surface area contributed by atoms with Crippen LogP contribution in [0.3, 0.4) is 0 Å². The summed E-state index contributed by atoms with van der Waals surface area (Å²) in [4.78, 5) is 0. The minimum absolute atomic E-state index is 0.0643. The van der Waals surface area contributed by atoms with Crippen LogP contribution in [0.25, 0.3) is 0 Å². The molecule has 1 aromatic heterocycles. The van der Waals surface area contributed by atoms with Crippen molar-refractivity contribution in [2.24, 2.45) is 0 Å². The molecule has 7 heteroatoms. The Labute approximate surface area is 114 Å². The summed E-state index contributed by atoms with van der Waals surface area (Å²) < 4.78 is 35.7. The molecule has 6 nitrogen and oxygen atoms in total. The fourth-order valence-electron chi connectivity index (χ4n) is 1.74. The highest BCUT2D eigenvalue weighted by Gasteiger charge is 2.16. The van der Waals surface area contributed by atoms with Gasteiger partial charge in [0.25, 0.3) is 10.0 Å². The number of hydrogen-bond donors (Lipinski definition) is 2. The third-order valence-electron chi connectivity index (χ3n) is 2.74. The van der Waals surface area contributed by atoms with Crippen LogP contribution in [0.5, 0.6) is 0 Å². The number of methoxy groups -OCH3 is 1. The Morgan fingerprint density at radius 2 is 2.16 bits per heavy atom. The number of rotatable bonds is 9. The van der Waals surface area contributed by atoms with E-state index in [1.165, 1.54) is 13.1 Å².